The van der Waals surface area contributed by atoms with Gasteiger partial charge >= 0.3 is 0 Å². The van der Waals surface area contributed by atoms with Gasteiger partial charge in [-0.15, -0.1) is 0 Å². The quantitative estimate of drug-likeness (QED) is 0.815. The number of nitrogens with zero attached hydrogens (tertiary/aromatic N) is 2. The Labute approximate surface area is 102 Å². The smallest absolute Gasteiger partial charge is 0.0568 e. The Morgan fingerprint density at radius 2 is 1.94 bits per heavy atom. The molecule has 2 aromatic rings. The van der Waals surface area contributed by atoms with Crippen LogP contribution in [-0.4, -0.2) is 9.78 Å². The Kier molecular flexibility index (Phi) is 3.47. The van der Waals surface area contributed by atoms with Crippen molar-refractivity contribution in [3.63, 3.8) is 0 Å². The van der Waals surface area contributed by atoms with Gasteiger partial charge in [0.2, 0.25) is 0 Å². The maximum absolute atomic E-state index is 5.68. The topological polar surface area (TPSA) is 43.8 Å². The van der Waals surface area contributed by atoms with Gasteiger partial charge < -0.3 is 5.73 Å². The van der Waals surface area contributed by atoms with E-state index in [1.807, 2.05) is 35.1 Å². The van der Waals surface area contributed by atoms with Gasteiger partial charge in [-0.25, -0.2) is 0 Å². The molecule has 0 aliphatic heterocycles. The number of nitrogen functional groups attached to an aromatic ring is 1. The summed E-state index contributed by atoms with van der Waals surface area (Å²) < 4.78 is 2.04. The van der Waals surface area contributed by atoms with Gasteiger partial charge in [0.25, 0.3) is 0 Å². The zero-order chi connectivity index (χ0) is 12.3. The van der Waals surface area contributed by atoms with Crippen molar-refractivity contribution in [1.29, 1.82) is 0 Å². The van der Waals surface area contributed by atoms with Crippen LogP contribution < -0.4 is 5.73 Å². The molecular formula is C14H19N3. The van der Waals surface area contributed by atoms with E-state index in [1.54, 1.807) is 0 Å². The first-order valence-electron chi connectivity index (χ1n) is 6.10. The van der Waals surface area contributed by atoms with Gasteiger partial charge in [-0.1, -0.05) is 25.5 Å². The first-order chi connectivity index (χ1) is 8.20. The molecule has 0 fully saturated rings. The molecule has 1 atom stereocenters. The zero-order valence-electron chi connectivity index (χ0n) is 10.4. The molecule has 0 saturated heterocycles. The van der Waals surface area contributed by atoms with Crippen LogP contribution >= 0.6 is 0 Å². The van der Waals surface area contributed by atoms with Crippen LogP contribution in [0.2, 0.25) is 0 Å². The summed E-state index contributed by atoms with van der Waals surface area (Å²) in [5.74, 6) is 0. The van der Waals surface area contributed by atoms with E-state index in [2.05, 4.69) is 25.1 Å². The summed E-state index contributed by atoms with van der Waals surface area (Å²) in [7, 11) is 0. The Hall–Kier alpha value is -1.77. The third kappa shape index (κ3) is 2.67. The summed E-state index contributed by atoms with van der Waals surface area (Å²) in [6, 6.07) is 8.36. The minimum absolute atomic E-state index is 0.461. The molecule has 0 aliphatic carbocycles. The van der Waals surface area contributed by atoms with Crippen molar-refractivity contribution >= 4 is 5.69 Å². The number of hydrogen-bond donors (Lipinski definition) is 1. The van der Waals surface area contributed by atoms with Crippen LogP contribution in [0.1, 0.15) is 32.7 Å². The molecule has 3 nitrogen and oxygen atoms in total. The first-order valence-corrected chi connectivity index (χ1v) is 6.10. The SMILES string of the molecule is CCCC(C)n1cc(-c2ccc(N)cc2)cn1. The fourth-order valence-electron chi connectivity index (χ4n) is 1.95. The van der Waals surface area contributed by atoms with E-state index in [9.17, 15) is 0 Å². The van der Waals surface area contributed by atoms with Crippen molar-refractivity contribution in [2.45, 2.75) is 32.7 Å². The number of hydrogen-bond acceptors (Lipinski definition) is 2. The van der Waals surface area contributed by atoms with Gasteiger partial charge in [0.15, 0.2) is 0 Å². The normalized spacial score (nSPS) is 12.6. The van der Waals surface area contributed by atoms with Crippen molar-refractivity contribution in [2.75, 3.05) is 5.73 Å². The zero-order valence-corrected chi connectivity index (χ0v) is 10.4. The van der Waals surface area contributed by atoms with Crippen LogP contribution in [0.4, 0.5) is 5.69 Å². The molecule has 1 aromatic carbocycles. The summed E-state index contributed by atoms with van der Waals surface area (Å²) >= 11 is 0. The second-order valence-electron chi connectivity index (χ2n) is 4.47. The van der Waals surface area contributed by atoms with Gasteiger partial charge in [-0.05, 0) is 31.0 Å². The van der Waals surface area contributed by atoms with Crippen LogP contribution in [0, 0.1) is 0 Å². The van der Waals surface area contributed by atoms with Crippen LogP contribution in [0.3, 0.4) is 0 Å². The maximum Gasteiger partial charge on any atom is 0.0568 e. The summed E-state index contributed by atoms with van der Waals surface area (Å²) in [6.07, 6.45) is 6.35. The molecule has 0 aliphatic rings. The molecule has 1 heterocycles. The third-order valence-electron chi connectivity index (χ3n) is 3.00. The number of nitrogens with two attached hydrogens (primary N) is 1. The summed E-state index contributed by atoms with van der Waals surface area (Å²) in [5.41, 5.74) is 8.78. The lowest BCUT2D eigenvalue weighted by Gasteiger charge is -2.09. The van der Waals surface area contributed by atoms with E-state index in [0.717, 1.165) is 23.2 Å². The van der Waals surface area contributed by atoms with Crippen LogP contribution in [0.5, 0.6) is 0 Å². The fraction of sp³-hybridized carbons (Fsp3) is 0.357. The van der Waals surface area contributed by atoms with E-state index >= 15 is 0 Å². The lowest BCUT2D eigenvalue weighted by Crippen LogP contribution is -2.04. The Morgan fingerprint density at radius 3 is 2.59 bits per heavy atom. The minimum Gasteiger partial charge on any atom is -0.399 e. The number of anilines is 1. The average molecular weight is 229 g/mol. The van der Waals surface area contributed by atoms with Gasteiger partial charge in [0, 0.05) is 23.5 Å². The monoisotopic (exact) mass is 229 g/mol. The lowest BCUT2D eigenvalue weighted by atomic mass is 10.1. The highest BCUT2D eigenvalue weighted by Gasteiger charge is 2.06. The maximum atomic E-state index is 5.68. The van der Waals surface area contributed by atoms with E-state index in [0.29, 0.717) is 6.04 Å². The number of benzene rings is 1. The molecule has 90 valence electrons. The number of aromatic nitrogens is 2. The third-order valence-corrected chi connectivity index (χ3v) is 3.00. The standard InChI is InChI=1S/C14H19N3/c1-3-4-11(2)17-10-13(9-16-17)12-5-7-14(15)8-6-12/h5-11H,3-4,15H2,1-2H3. The second kappa shape index (κ2) is 5.04. The molecule has 1 aromatic heterocycles. The molecule has 0 spiro atoms. The van der Waals surface area contributed by atoms with Gasteiger partial charge in [-0.3, -0.25) is 4.68 Å². The Balaban J connectivity index is 2.20. The van der Waals surface area contributed by atoms with Crippen molar-refractivity contribution in [3.8, 4) is 11.1 Å². The minimum atomic E-state index is 0.461. The van der Waals surface area contributed by atoms with Crippen LogP contribution in [-0.2, 0) is 0 Å². The number of rotatable bonds is 4. The molecule has 2 rings (SSSR count). The van der Waals surface area contributed by atoms with Gasteiger partial charge in [-0.2, -0.15) is 5.10 Å². The first kappa shape index (κ1) is 11.7. The van der Waals surface area contributed by atoms with Crippen LogP contribution in [0.15, 0.2) is 36.7 Å². The molecule has 2 N–H and O–H groups in total. The summed E-state index contributed by atoms with van der Waals surface area (Å²) in [5, 5.41) is 4.42. The molecule has 0 saturated carbocycles. The predicted molar refractivity (Wildman–Crippen MR) is 71.7 cm³/mol. The molecule has 0 amide bonds. The summed E-state index contributed by atoms with van der Waals surface area (Å²) in [4.78, 5) is 0. The Morgan fingerprint density at radius 1 is 1.24 bits per heavy atom. The lowest BCUT2D eigenvalue weighted by molar-refractivity contribution is 0.455. The van der Waals surface area contributed by atoms with Gasteiger partial charge in [0.05, 0.1) is 6.20 Å². The van der Waals surface area contributed by atoms with E-state index in [1.165, 1.54) is 6.42 Å². The van der Waals surface area contributed by atoms with Crippen molar-refractivity contribution in [2.24, 2.45) is 0 Å². The molecular weight excluding hydrogens is 210 g/mol. The average Bonchev–Trinajstić information content (AvgIpc) is 2.80. The molecule has 0 radical (unpaired) electrons. The van der Waals surface area contributed by atoms with Crippen molar-refractivity contribution < 1.29 is 0 Å². The highest BCUT2D eigenvalue weighted by molar-refractivity contribution is 5.63. The second-order valence-corrected chi connectivity index (χ2v) is 4.47. The van der Waals surface area contributed by atoms with Crippen molar-refractivity contribution in [3.05, 3.63) is 36.7 Å². The molecule has 17 heavy (non-hydrogen) atoms. The fourth-order valence-corrected chi connectivity index (χ4v) is 1.95. The van der Waals surface area contributed by atoms with Crippen molar-refractivity contribution in [1.82, 2.24) is 9.78 Å². The van der Waals surface area contributed by atoms with E-state index < -0.39 is 0 Å². The largest absolute Gasteiger partial charge is 0.399 e. The van der Waals surface area contributed by atoms with E-state index in [-0.39, 0.29) is 0 Å². The Bertz CT molecular complexity index is 470. The molecule has 0 bridgehead atoms. The highest BCUT2D eigenvalue weighted by atomic mass is 15.3. The predicted octanol–water partition coefficient (Wildman–Crippen LogP) is 3.49. The molecule has 1 unspecified atom stereocenters. The summed E-state index contributed by atoms with van der Waals surface area (Å²) in [6.45, 7) is 4.39. The molecule has 3 heteroatoms. The van der Waals surface area contributed by atoms with Gasteiger partial charge in [0.1, 0.15) is 0 Å². The van der Waals surface area contributed by atoms with E-state index in [4.69, 9.17) is 5.73 Å². The van der Waals surface area contributed by atoms with Crippen LogP contribution in [0.25, 0.3) is 11.1 Å². The highest BCUT2D eigenvalue weighted by Crippen LogP contribution is 2.22.